The Balaban J connectivity index is 1.32. The van der Waals surface area contributed by atoms with Crippen LogP contribution in [0.2, 0.25) is 0 Å². The van der Waals surface area contributed by atoms with Gasteiger partial charge in [0.2, 0.25) is 11.7 Å². The number of hydrogen-bond acceptors (Lipinski definition) is 5. The average molecular weight is 338 g/mol. The predicted molar refractivity (Wildman–Crippen MR) is 93.3 cm³/mol. The molecule has 1 aromatic carbocycles. The van der Waals surface area contributed by atoms with E-state index < -0.39 is 0 Å². The Morgan fingerprint density at radius 1 is 1.24 bits per heavy atom. The van der Waals surface area contributed by atoms with Crippen molar-refractivity contribution in [3.8, 4) is 0 Å². The highest BCUT2D eigenvalue weighted by atomic mass is 16.5. The molecule has 1 N–H and O–H groups in total. The molecule has 0 radical (unpaired) electrons. The van der Waals surface area contributed by atoms with E-state index >= 15 is 0 Å². The minimum Gasteiger partial charge on any atom is -0.367 e. The van der Waals surface area contributed by atoms with Crippen LogP contribution in [0, 0.1) is 0 Å². The van der Waals surface area contributed by atoms with E-state index in [1.54, 1.807) is 0 Å². The maximum Gasteiger partial charge on any atom is 0.231 e. The van der Waals surface area contributed by atoms with Crippen molar-refractivity contribution < 1.29 is 9.26 Å². The lowest BCUT2D eigenvalue weighted by atomic mass is 10.0. The molecule has 5 rings (SSSR count). The summed E-state index contributed by atoms with van der Waals surface area (Å²) in [5.74, 6) is 1.32. The summed E-state index contributed by atoms with van der Waals surface area (Å²) in [4.78, 5) is 10.4. The molecule has 3 aromatic rings. The van der Waals surface area contributed by atoms with E-state index in [1.807, 2.05) is 18.3 Å². The highest BCUT2D eigenvalue weighted by molar-refractivity contribution is 5.83. The third kappa shape index (κ3) is 2.85. The SMILES string of the molecule is c1ccc2c(Cc3nc([C@H]4CN5CCCC[C@H]5CO4)no3)c[nH]c2c1. The maximum absolute atomic E-state index is 6.02. The molecular formula is C19H22N4O2. The van der Waals surface area contributed by atoms with Crippen LogP contribution in [-0.2, 0) is 11.2 Å². The van der Waals surface area contributed by atoms with Gasteiger partial charge in [0.25, 0.3) is 0 Å². The van der Waals surface area contributed by atoms with Gasteiger partial charge in [0.15, 0.2) is 0 Å². The number of morpholine rings is 1. The largest absolute Gasteiger partial charge is 0.367 e. The number of hydrogen-bond donors (Lipinski definition) is 1. The van der Waals surface area contributed by atoms with Gasteiger partial charge in [-0.2, -0.15) is 4.98 Å². The molecule has 130 valence electrons. The third-order valence-corrected chi connectivity index (χ3v) is 5.43. The second kappa shape index (κ2) is 6.28. The number of nitrogens with zero attached hydrogens (tertiary/aromatic N) is 3. The smallest absolute Gasteiger partial charge is 0.231 e. The number of aromatic amines is 1. The molecule has 0 unspecified atom stereocenters. The number of H-pyrrole nitrogens is 1. The maximum atomic E-state index is 6.02. The Morgan fingerprint density at radius 3 is 3.20 bits per heavy atom. The van der Waals surface area contributed by atoms with E-state index in [1.165, 1.54) is 30.2 Å². The highest BCUT2D eigenvalue weighted by Crippen LogP contribution is 2.28. The summed E-state index contributed by atoms with van der Waals surface area (Å²) in [7, 11) is 0. The van der Waals surface area contributed by atoms with Gasteiger partial charge in [-0.15, -0.1) is 0 Å². The lowest BCUT2D eigenvalue weighted by Gasteiger charge is -2.41. The molecule has 0 bridgehead atoms. The predicted octanol–water partition coefficient (Wildman–Crippen LogP) is 3.07. The monoisotopic (exact) mass is 338 g/mol. The number of fused-ring (bicyclic) bond motifs is 2. The molecule has 2 saturated heterocycles. The van der Waals surface area contributed by atoms with Crippen molar-refractivity contribution in [3.63, 3.8) is 0 Å². The van der Waals surface area contributed by atoms with Gasteiger partial charge in [-0.25, -0.2) is 0 Å². The summed E-state index contributed by atoms with van der Waals surface area (Å²) in [6.07, 6.45) is 6.41. The van der Waals surface area contributed by atoms with Gasteiger partial charge in [-0.3, -0.25) is 4.90 Å². The zero-order valence-corrected chi connectivity index (χ0v) is 14.1. The molecule has 2 atom stereocenters. The van der Waals surface area contributed by atoms with E-state index in [-0.39, 0.29) is 6.10 Å². The van der Waals surface area contributed by atoms with Crippen LogP contribution in [0.1, 0.15) is 42.6 Å². The number of piperidine rings is 1. The molecule has 0 saturated carbocycles. The molecule has 2 fully saturated rings. The van der Waals surface area contributed by atoms with Gasteiger partial charge in [0.05, 0.1) is 13.0 Å². The minimum absolute atomic E-state index is 0.0742. The van der Waals surface area contributed by atoms with E-state index in [9.17, 15) is 0 Å². The lowest BCUT2D eigenvalue weighted by Crippen LogP contribution is -2.49. The van der Waals surface area contributed by atoms with Crippen LogP contribution >= 0.6 is 0 Å². The van der Waals surface area contributed by atoms with E-state index in [4.69, 9.17) is 9.26 Å². The number of para-hydroxylation sites is 1. The van der Waals surface area contributed by atoms with Gasteiger partial charge in [0, 0.05) is 29.7 Å². The zero-order chi connectivity index (χ0) is 16.6. The summed E-state index contributed by atoms with van der Waals surface area (Å²) in [6, 6.07) is 8.83. The Hall–Kier alpha value is -2.18. The molecule has 2 aromatic heterocycles. The van der Waals surface area contributed by atoms with E-state index in [0.29, 0.717) is 24.2 Å². The standard InChI is InChI=1S/C19H22N4O2/c1-2-7-16-15(6-1)13(10-20-16)9-18-21-19(22-25-18)17-11-23-8-4-3-5-14(23)12-24-17/h1-2,6-7,10,14,17,20H,3-5,8-9,11-12H2/t14-,17+/m0/s1. The summed E-state index contributed by atoms with van der Waals surface area (Å²) < 4.78 is 11.5. The first-order valence-electron chi connectivity index (χ1n) is 9.10. The molecule has 2 aliphatic heterocycles. The fourth-order valence-corrected chi connectivity index (χ4v) is 4.05. The summed E-state index contributed by atoms with van der Waals surface area (Å²) in [5, 5.41) is 5.39. The normalized spacial score (nSPS) is 24.5. The van der Waals surface area contributed by atoms with Gasteiger partial charge >= 0.3 is 0 Å². The van der Waals surface area contributed by atoms with Crippen LogP contribution in [0.25, 0.3) is 10.9 Å². The molecule has 6 heteroatoms. The summed E-state index contributed by atoms with van der Waals surface area (Å²) in [6.45, 7) is 2.80. The first kappa shape index (κ1) is 15.1. The molecule has 0 amide bonds. The van der Waals surface area contributed by atoms with Gasteiger partial charge < -0.3 is 14.2 Å². The minimum atomic E-state index is -0.0742. The van der Waals surface area contributed by atoms with Crippen LogP contribution in [0.3, 0.4) is 0 Å². The molecule has 25 heavy (non-hydrogen) atoms. The topological polar surface area (TPSA) is 67.2 Å². The van der Waals surface area contributed by atoms with Crippen molar-refractivity contribution in [1.29, 1.82) is 0 Å². The molecular weight excluding hydrogens is 316 g/mol. The second-order valence-electron chi connectivity index (χ2n) is 7.05. The first-order valence-corrected chi connectivity index (χ1v) is 9.10. The van der Waals surface area contributed by atoms with E-state index in [2.05, 4.69) is 32.2 Å². The van der Waals surface area contributed by atoms with Crippen molar-refractivity contribution in [2.75, 3.05) is 19.7 Å². The highest BCUT2D eigenvalue weighted by Gasteiger charge is 2.33. The molecule has 0 aliphatic carbocycles. The number of benzene rings is 1. The molecule has 0 spiro atoms. The third-order valence-electron chi connectivity index (χ3n) is 5.43. The second-order valence-corrected chi connectivity index (χ2v) is 7.05. The Bertz CT molecular complexity index is 871. The average Bonchev–Trinajstić information content (AvgIpc) is 3.29. The molecule has 4 heterocycles. The summed E-state index contributed by atoms with van der Waals surface area (Å²) >= 11 is 0. The van der Waals surface area contributed by atoms with Crippen LogP contribution in [0.5, 0.6) is 0 Å². The van der Waals surface area contributed by atoms with Gasteiger partial charge in [-0.1, -0.05) is 29.8 Å². The Morgan fingerprint density at radius 2 is 2.20 bits per heavy atom. The molecule has 2 aliphatic rings. The fraction of sp³-hybridized carbons (Fsp3) is 0.474. The van der Waals surface area contributed by atoms with Crippen molar-refractivity contribution >= 4 is 10.9 Å². The van der Waals surface area contributed by atoms with Crippen LogP contribution in [-0.4, -0.2) is 45.8 Å². The number of ether oxygens (including phenoxy) is 1. The van der Waals surface area contributed by atoms with Crippen molar-refractivity contribution in [2.45, 2.75) is 37.8 Å². The van der Waals surface area contributed by atoms with Crippen LogP contribution in [0.15, 0.2) is 35.0 Å². The van der Waals surface area contributed by atoms with E-state index in [0.717, 1.165) is 25.2 Å². The lowest BCUT2D eigenvalue weighted by molar-refractivity contribution is -0.0805. The van der Waals surface area contributed by atoms with Crippen LogP contribution < -0.4 is 0 Å². The fourth-order valence-electron chi connectivity index (χ4n) is 4.05. The van der Waals surface area contributed by atoms with Crippen molar-refractivity contribution in [3.05, 3.63) is 47.7 Å². The quantitative estimate of drug-likeness (QED) is 0.795. The number of aromatic nitrogens is 3. The van der Waals surface area contributed by atoms with Crippen molar-refractivity contribution in [2.24, 2.45) is 0 Å². The van der Waals surface area contributed by atoms with Gasteiger partial charge in [0.1, 0.15) is 6.10 Å². The zero-order valence-electron chi connectivity index (χ0n) is 14.1. The summed E-state index contributed by atoms with van der Waals surface area (Å²) in [5.41, 5.74) is 2.30. The number of nitrogens with one attached hydrogen (secondary N) is 1. The molecule has 6 nitrogen and oxygen atoms in total. The van der Waals surface area contributed by atoms with Gasteiger partial charge in [-0.05, 0) is 31.0 Å². The van der Waals surface area contributed by atoms with Crippen molar-refractivity contribution in [1.82, 2.24) is 20.0 Å². The first-order chi connectivity index (χ1) is 12.4. The Labute approximate surface area is 146 Å². The Kier molecular flexibility index (Phi) is 3.79. The van der Waals surface area contributed by atoms with Crippen LogP contribution in [0.4, 0.5) is 0 Å². The number of rotatable bonds is 3.